The third-order valence-electron chi connectivity index (χ3n) is 2.85. The molecule has 3 heteroatoms. The van der Waals surface area contributed by atoms with Crippen LogP contribution in [0, 0.1) is 6.92 Å². The second-order valence-corrected chi connectivity index (χ2v) is 5.08. The van der Waals surface area contributed by atoms with Gasteiger partial charge in [-0.3, -0.25) is 4.98 Å². The third kappa shape index (κ3) is 2.44. The molecule has 0 spiro atoms. The van der Waals surface area contributed by atoms with E-state index in [4.69, 9.17) is 4.98 Å². The van der Waals surface area contributed by atoms with Gasteiger partial charge in [0.15, 0.2) is 0 Å². The van der Waals surface area contributed by atoms with Gasteiger partial charge in [0.2, 0.25) is 0 Å². The van der Waals surface area contributed by atoms with Crippen molar-refractivity contribution < 1.29 is 0 Å². The van der Waals surface area contributed by atoms with Crippen molar-refractivity contribution in [2.45, 2.75) is 27.2 Å². The molecule has 0 aliphatic carbocycles. The van der Waals surface area contributed by atoms with Gasteiger partial charge in [-0.2, -0.15) is 0 Å². The molecule has 1 N–H and O–H groups in total. The lowest BCUT2D eigenvalue weighted by atomic mass is 10.1. The molecule has 0 unspecified atom stereocenters. The molecule has 1 heterocycles. The van der Waals surface area contributed by atoms with Crippen LogP contribution >= 0.6 is 15.9 Å². The molecule has 90 valence electrons. The van der Waals surface area contributed by atoms with E-state index in [1.807, 2.05) is 0 Å². The Labute approximate surface area is 111 Å². The van der Waals surface area contributed by atoms with Crippen molar-refractivity contribution in [3.8, 4) is 0 Å². The number of aryl methyl sites for hydroxylation is 2. The number of aromatic nitrogens is 1. The van der Waals surface area contributed by atoms with Gasteiger partial charge >= 0.3 is 0 Å². The van der Waals surface area contributed by atoms with Crippen molar-refractivity contribution in [2.75, 3.05) is 11.9 Å². The topological polar surface area (TPSA) is 24.9 Å². The van der Waals surface area contributed by atoms with Crippen LogP contribution in [0.25, 0.3) is 10.9 Å². The molecule has 0 aliphatic rings. The molecule has 1 aromatic heterocycles. The van der Waals surface area contributed by atoms with Gasteiger partial charge in [0.1, 0.15) is 0 Å². The Hall–Kier alpha value is -1.09. The molecule has 2 nitrogen and oxygen atoms in total. The van der Waals surface area contributed by atoms with E-state index in [1.54, 1.807) is 0 Å². The van der Waals surface area contributed by atoms with E-state index < -0.39 is 0 Å². The third-order valence-corrected chi connectivity index (χ3v) is 3.31. The van der Waals surface area contributed by atoms with E-state index in [-0.39, 0.29) is 0 Å². The van der Waals surface area contributed by atoms with Gasteiger partial charge in [-0.15, -0.1) is 0 Å². The van der Waals surface area contributed by atoms with Crippen molar-refractivity contribution in [3.05, 3.63) is 33.9 Å². The maximum Gasteiger partial charge on any atom is 0.0755 e. The van der Waals surface area contributed by atoms with Gasteiger partial charge < -0.3 is 5.32 Å². The summed E-state index contributed by atoms with van der Waals surface area (Å²) in [5.74, 6) is 0. The fourth-order valence-electron chi connectivity index (χ4n) is 2.03. The number of nitrogens with zero attached hydrogens (tertiary/aromatic N) is 1. The van der Waals surface area contributed by atoms with E-state index in [0.717, 1.165) is 28.6 Å². The first-order chi connectivity index (χ1) is 8.15. The molecule has 0 bridgehead atoms. The molecule has 2 aromatic rings. The Bertz CT molecular complexity index is 549. The standard InChI is InChI=1S/C14H17BrN2/c1-4-11-8-13(16-5-2)12-7-10(15)6-9(3)14(12)17-11/h6-8H,4-5H2,1-3H3,(H,16,17). The minimum Gasteiger partial charge on any atom is -0.385 e. The Morgan fingerprint density at radius 3 is 2.65 bits per heavy atom. The molecule has 0 radical (unpaired) electrons. The van der Waals surface area contributed by atoms with Crippen LogP contribution in [-0.4, -0.2) is 11.5 Å². The molecular formula is C14H17BrN2. The molecule has 17 heavy (non-hydrogen) atoms. The smallest absolute Gasteiger partial charge is 0.0755 e. The predicted octanol–water partition coefficient (Wildman–Crippen LogP) is 4.30. The van der Waals surface area contributed by atoms with Crippen LogP contribution < -0.4 is 5.32 Å². The lowest BCUT2D eigenvalue weighted by Crippen LogP contribution is -2.01. The first-order valence-electron chi connectivity index (χ1n) is 5.99. The van der Waals surface area contributed by atoms with Crippen molar-refractivity contribution in [3.63, 3.8) is 0 Å². The zero-order chi connectivity index (χ0) is 12.4. The van der Waals surface area contributed by atoms with Gasteiger partial charge in [-0.05, 0) is 44.0 Å². The highest BCUT2D eigenvalue weighted by molar-refractivity contribution is 9.10. The maximum atomic E-state index is 4.72. The first-order valence-corrected chi connectivity index (χ1v) is 6.78. The normalized spacial score (nSPS) is 10.8. The summed E-state index contributed by atoms with van der Waals surface area (Å²) < 4.78 is 1.10. The molecular weight excluding hydrogens is 276 g/mol. The summed E-state index contributed by atoms with van der Waals surface area (Å²) in [6.07, 6.45) is 0.962. The van der Waals surface area contributed by atoms with Gasteiger partial charge in [-0.25, -0.2) is 0 Å². The summed E-state index contributed by atoms with van der Waals surface area (Å²) in [4.78, 5) is 4.72. The summed E-state index contributed by atoms with van der Waals surface area (Å²) in [7, 11) is 0. The molecule has 2 rings (SSSR count). The zero-order valence-corrected chi connectivity index (χ0v) is 12.1. The van der Waals surface area contributed by atoms with Crippen LogP contribution in [0.1, 0.15) is 25.1 Å². The van der Waals surface area contributed by atoms with Crippen molar-refractivity contribution >= 4 is 32.5 Å². The molecule has 0 fully saturated rings. The van der Waals surface area contributed by atoms with Crippen LogP contribution in [0.2, 0.25) is 0 Å². The van der Waals surface area contributed by atoms with E-state index in [2.05, 4.69) is 60.2 Å². The molecule has 0 atom stereocenters. The molecule has 0 saturated heterocycles. The van der Waals surface area contributed by atoms with E-state index in [1.165, 1.54) is 16.6 Å². The second-order valence-electron chi connectivity index (χ2n) is 4.16. The van der Waals surface area contributed by atoms with Gasteiger partial charge in [0.05, 0.1) is 5.52 Å². The number of nitrogens with one attached hydrogen (secondary N) is 1. The van der Waals surface area contributed by atoms with E-state index in [0.29, 0.717) is 0 Å². The van der Waals surface area contributed by atoms with Gasteiger partial charge in [0.25, 0.3) is 0 Å². The average molecular weight is 293 g/mol. The summed E-state index contributed by atoms with van der Waals surface area (Å²) in [5, 5.41) is 4.61. The number of rotatable bonds is 3. The van der Waals surface area contributed by atoms with Crippen molar-refractivity contribution in [1.29, 1.82) is 0 Å². The summed E-state index contributed by atoms with van der Waals surface area (Å²) >= 11 is 3.55. The highest BCUT2D eigenvalue weighted by Crippen LogP contribution is 2.29. The summed E-state index contributed by atoms with van der Waals surface area (Å²) in [6.45, 7) is 7.28. The highest BCUT2D eigenvalue weighted by Gasteiger charge is 2.07. The number of hydrogen-bond donors (Lipinski definition) is 1. The number of benzene rings is 1. The fourth-order valence-corrected chi connectivity index (χ4v) is 2.60. The summed E-state index contributed by atoms with van der Waals surface area (Å²) in [5.41, 5.74) is 4.63. The second kappa shape index (κ2) is 5.05. The predicted molar refractivity (Wildman–Crippen MR) is 77.7 cm³/mol. The van der Waals surface area contributed by atoms with Crippen molar-refractivity contribution in [2.24, 2.45) is 0 Å². The summed E-state index contributed by atoms with van der Waals surface area (Å²) in [6, 6.07) is 6.40. The quantitative estimate of drug-likeness (QED) is 0.912. The monoisotopic (exact) mass is 292 g/mol. The van der Waals surface area contributed by atoms with Crippen LogP contribution in [0.3, 0.4) is 0 Å². The molecule has 0 aliphatic heterocycles. The highest BCUT2D eigenvalue weighted by atomic mass is 79.9. The SMILES string of the molecule is CCNc1cc(CC)nc2c(C)cc(Br)cc12. The Morgan fingerprint density at radius 2 is 2.00 bits per heavy atom. The van der Waals surface area contributed by atoms with Crippen LogP contribution in [0.5, 0.6) is 0 Å². The Morgan fingerprint density at radius 1 is 1.24 bits per heavy atom. The van der Waals surface area contributed by atoms with Gasteiger partial charge in [0, 0.05) is 27.8 Å². The van der Waals surface area contributed by atoms with Crippen LogP contribution in [-0.2, 0) is 6.42 Å². The largest absolute Gasteiger partial charge is 0.385 e. The minimum absolute atomic E-state index is 0.924. The van der Waals surface area contributed by atoms with Gasteiger partial charge in [-0.1, -0.05) is 22.9 Å². The van der Waals surface area contributed by atoms with E-state index >= 15 is 0 Å². The molecule has 0 saturated carbocycles. The number of pyridine rings is 1. The zero-order valence-electron chi connectivity index (χ0n) is 10.5. The maximum absolute atomic E-state index is 4.72. The number of fused-ring (bicyclic) bond motifs is 1. The van der Waals surface area contributed by atoms with Crippen molar-refractivity contribution in [1.82, 2.24) is 4.98 Å². The number of halogens is 1. The van der Waals surface area contributed by atoms with E-state index in [9.17, 15) is 0 Å². The van der Waals surface area contributed by atoms with Crippen LogP contribution in [0.4, 0.5) is 5.69 Å². The molecule has 1 aromatic carbocycles. The number of anilines is 1. The lowest BCUT2D eigenvalue weighted by Gasteiger charge is -2.12. The lowest BCUT2D eigenvalue weighted by molar-refractivity contribution is 1.05. The Balaban J connectivity index is 2.76. The molecule has 0 amide bonds. The fraction of sp³-hybridized carbons (Fsp3) is 0.357. The first kappa shape index (κ1) is 12.4. The number of hydrogen-bond acceptors (Lipinski definition) is 2. The minimum atomic E-state index is 0.924. The van der Waals surface area contributed by atoms with Crippen LogP contribution in [0.15, 0.2) is 22.7 Å². The average Bonchev–Trinajstić information content (AvgIpc) is 2.30. The Kier molecular flexibility index (Phi) is 3.67.